The van der Waals surface area contributed by atoms with Crippen LogP contribution in [0.4, 0.5) is 4.79 Å². The lowest BCUT2D eigenvalue weighted by Gasteiger charge is -2.26. The van der Waals surface area contributed by atoms with E-state index in [0.29, 0.717) is 5.75 Å². The molecule has 1 aromatic carbocycles. The van der Waals surface area contributed by atoms with Gasteiger partial charge in [-0.2, -0.15) is 0 Å². The molecule has 0 aromatic heterocycles. The number of benzene rings is 1. The summed E-state index contributed by atoms with van der Waals surface area (Å²) >= 11 is 0. The number of urea groups is 1. The van der Waals surface area contributed by atoms with Crippen LogP contribution in [0.3, 0.4) is 0 Å². The van der Waals surface area contributed by atoms with Gasteiger partial charge in [0.2, 0.25) is 0 Å². The van der Waals surface area contributed by atoms with E-state index in [-0.39, 0.29) is 25.0 Å². The van der Waals surface area contributed by atoms with Gasteiger partial charge in [-0.1, -0.05) is 32.0 Å². The van der Waals surface area contributed by atoms with E-state index >= 15 is 0 Å². The first-order valence-corrected chi connectivity index (χ1v) is 7.34. The summed E-state index contributed by atoms with van der Waals surface area (Å²) in [5, 5.41) is 12.7. The fraction of sp³-hybridized carbons (Fsp3) is 0.500. The Kier molecular flexibility index (Phi) is 4.71. The molecule has 2 rings (SSSR count). The highest BCUT2D eigenvalue weighted by molar-refractivity contribution is 6.06. The first-order valence-electron chi connectivity index (χ1n) is 7.34. The number of carbonyl (C=O) groups is 2. The summed E-state index contributed by atoms with van der Waals surface area (Å²) in [6.45, 7) is 5.37. The van der Waals surface area contributed by atoms with Crippen LogP contribution in [-0.2, 0) is 4.79 Å². The molecule has 2 atom stereocenters. The van der Waals surface area contributed by atoms with Crippen LogP contribution in [0.1, 0.15) is 20.8 Å². The first-order chi connectivity index (χ1) is 10.3. The van der Waals surface area contributed by atoms with Crippen LogP contribution in [0.15, 0.2) is 30.3 Å². The molecule has 0 bridgehead atoms. The molecule has 1 fully saturated rings. The van der Waals surface area contributed by atoms with Gasteiger partial charge in [-0.15, -0.1) is 0 Å². The largest absolute Gasteiger partial charge is 0.491 e. The lowest BCUT2D eigenvalue weighted by atomic mass is 9.88. The lowest BCUT2D eigenvalue weighted by Crippen LogP contribution is -2.49. The highest BCUT2D eigenvalue weighted by atomic mass is 16.5. The number of carbonyl (C=O) groups excluding carboxylic acids is 2. The van der Waals surface area contributed by atoms with Crippen molar-refractivity contribution in [3.63, 3.8) is 0 Å². The van der Waals surface area contributed by atoms with E-state index in [1.54, 1.807) is 19.1 Å². The zero-order valence-electron chi connectivity index (χ0n) is 13.1. The summed E-state index contributed by atoms with van der Waals surface area (Å²) in [5.74, 6) is 0.281. The molecule has 6 heteroatoms. The number of imide groups is 1. The Hall–Kier alpha value is -2.08. The second-order valence-corrected chi connectivity index (χ2v) is 5.98. The SMILES string of the molecule is CC(C)[C@@]1(C)NC(=O)N(C[C@H](O)COc2ccccc2)C1=O. The van der Waals surface area contributed by atoms with Gasteiger partial charge in [-0.25, -0.2) is 4.79 Å². The third-order valence-electron chi connectivity index (χ3n) is 4.03. The lowest BCUT2D eigenvalue weighted by molar-refractivity contribution is -0.133. The van der Waals surface area contributed by atoms with Gasteiger partial charge in [0.25, 0.3) is 5.91 Å². The molecule has 0 aliphatic carbocycles. The minimum atomic E-state index is -0.940. The normalized spacial score (nSPS) is 22.9. The van der Waals surface area contributed by atoms with Crippen LogP contribution < -0.4 is 10.1 Å². The molecule has 0 spiro atoms. The van der Waals surface area contributed by atoms with Crippen molar-refractivity contribution in [2.45, 2.75) is 32.4 Å². The number of β-amino-alcohol motifs (C(OH)–C–C–N with tert-alkyl or cyclic N) is 1. The molecule has 1 aromatic rings. The maximum atomic E-state index is 12.4. The summed E-state index contributed by atoms with van der Waals surface area (Å²) < 4.78 is 5.43. The van der Waals surface area contributed by atoms with Crippen molar-refractivity contribution in [2.75, 3.05) is 13.2 Å². The maximum Gasteiger partial charge on any atom is 0.325 e. The van der Waals surface area contributed by atoms with Crippen LogP contribution in [0, 0.1) is 5.92 Å². The predicted molar refractivity (Wildman–Crippen MR) is 81.4 cm³/mol. The standard InChI is InChI=1S/C16H22N2O4/c1-11(2)16(3)14(20)18(15(21)17-16)9-12(19)10-22-13-7-5-4-6-8-13/h4-8,11-12,19H,9-10H2,1-3H3,(H,17,21)/t12-,16+/m0/s1. The van der Waals surface area contributed by atoms with Gasteiger partial charge >= 0.3 is 6.03 Å². The third kappa shape index (κ3) is 3.22. The Morgan fingerprint density at radius 1 is 1.27 bits per heavy atom. The van der Waals surface area contributed by atoms with Crippen molar-refractivity contribution < 1.29 is 19.4 Å². The Bertz CT molecular complexity index is 546. The van der Waals surface area contributed by atoms with E-state index in [4.69, 9.17) is 4.74 Å². The number of hydrogen-bond donors (Lipinski definition) is 2. The molecule has 1 aliphatic heterocycles. The van der Waals surface area contributed by atoms with Crippen LogP contribution >= 0.6 is 0 Å². The minimum absolute atomic E-state index is 0.0134. The number of rotatable bonds is 6. The quantitative estimate of drug-likeness (QED) is 0.779. The van der Waals surface area contributed by atoms with Crippen molar-refractivity contribution in [2.24, 2.45) is 5.92 Å². The molecule has 1 aliphatic rings. The van der Waals surface area contributed by atoms with Crippen molar-refractivity contribution >= 4 is 11.9 Å². The Labute approximate surface area is 130 Å². The number of para-hydroxylation sites is 1. The number of aliphatic hydroxyl groups is 1. The number of aliphatic hydroxyl groups excluding tert-OH is 1. The Morgan fingerprint density at radius 2 is 1.91 bits per heavy atom. The summed E-state index contributed by atoms with van der Waals surface area (Å²) in [6, 6.07) is 8.59. The molecule has 22 heavy (non-hydrogen) atoms. The van der Waals surface area contributed by atoms with Crippen molar-refractivity contribution in [3.8, 4) is 5.75 Å². The molecule has 0 saturated carbocycles. The molecule has 3 amide bonds. The average Bonchev–Trinajstić information content (AvgIpc) is 2.71. The number of nitrogens with one attached hydrogen (secondary N) is 1. The molecular formula is C16H22N2O4. The third-order valence-corrected chi connectivity index (χ3v) is 4.03. The molecule has 120 valence electrons. The summed E-state index contributed by atoms with van der Waals surface area (Å²) in [4.78, 5) is 25.4. The predicted octanol–water partition coefficient (Wildman–Crippen LogP) is 1.39. The van der Waals surface area contributed by atoms with E-state index in [2.05, 4.69) is 5.32 Å². The summed E-state index contributed by atoms with van der Waals surface area (Å²) in [6.07, 6.45) is -0.940. The van der Waals surface area contributed by atoms with Gasteiger partial charge in [0.15, 0.2) is 0 Å². The van der Waals surface area contributed by atoms with Crippen molar-refractivity contribution in [1.82, 2.24) is 10.2 Å². The zero-order chi connectivity index (χ0) is 16.3. The zero-order valence-corrected chi connectivity index (χ0v) is 13.1. The van der Waals surface area contributed by atoms with Gasteiger partial charge in [0.05, 0.1) is 6.54 Å². The van der Waals surface area contributed by atoms with Crippen molar-refractivity contribution in [3.05, 3.63) is 30.3 Å². The highest BCUT2D eigenvalue weighted by Gasteiger charge is 2.49. The summed E-state index contributed by atoms with van der Waals surface area (Å²) in [5.41, 5.74) is -0.920. The summed E-state index contributed by atoms with van der Waals surface area (Å²) in [7, 11) is 0. The van der Waals surface area contributed by atoms with Crippen LogP contribution in [0.2, 0.25) is 0 Å². The molecule has 0 unspecified atom stereocenters. The van der Waals surface area contributed by atoms with Gasteiger partial charge in [-0.05, 0) is 25.0 Å². The molecule has 2 N–H and O–H groups in total. The monoisotopic (exact) mass is 306 g/mol. The molecule has 1 saturated heterocycles. The molecule has 1 heterocycles. The number of hydrogen-bond acceptors (Lipinski definition) is 4. The first kappa shape index (κ1) is 16.3. The second kappa shape index (κ2) is 6.36. The Balaban J connectivity index is 1.93. The Morgan fingerprint density at radius 3 is 2.45 bits per heavy atom. The van der Waals surface area contributed by atoms with Gasteiger partial charge in [0.1, 0.15) is 24.0 Å². The molecular weight excluding hydrogens is 284 g/mol. The minimum Gasteiger partial charge on any atom is -0.491 e. The maximum absolute atomic E-state index is 12.4. The van der Waals surface area contributed by atoms with E-state index in [0.717, 1.165) is 4.90 Å². The van der Waals surface area contributed by atoms with E-state index in [1.165, 1.54) is 0 Å². The highest BCUT2D eigenvalue weighted by Crippen LogP contribution is 2.25. The fourth-order valence-corrected chi connectivity index (χ4v) is 2.25. The van der Waals surface area contributed by atoms with E-state index in [9.17, 15) is 14.7 Å². The van der Waals surface area contributed by atoms with Crippen LogP contribution in [0.5, 0.6) is 5.75 Å². The topological polar surface area (TPSA) is 78.9 Å². The van der Waals surface area contributed by atoms with E-state index < -0.39 is 17.7 Å². The van der Waals surface area contributed by atoms with Crippen molar-refractivity contribution in [1.29, 1.82) is 0 Å². The van der Waals surface area contributed by atoms with Gasteiger partial charge in [-0.3, -0.25) is 9.69 Å². The van der Waals surface area contributed by atoms with Crippen LogP contribution in [-0.4, -0.2) is 46.7 Å². The smallest absolute Gasteiger partial charge is 0.325 e. The van der Waals surface area contributed by atoms with Gasteiger partial charge in [0, 0.05) is 0 Å². The van der Waals surface area contributed by atoms with E-state index in [1.807, 2.05) is 32.0 Å². The second-order valence-electron chi connectivity index (χ2n) is 5.98. The number of ether oxygens (including phenoxy) is 1. The number of amides is 3. The molecule has 0 radical (unpaired) electrons. The number of nitrogens with zero attached hydrogens (tertiary/aromatic N) is 1. The average molecular weight is 306 g/mol. The van der Waals surface area contributed by atoms with Crippen LogP contribution in [0.25, 0.3) is 0 Å². The fourth-order valence-electron chi connectivity index (χ4n) is 2.25. The molecule has 6 nitrogen and oxygen atoms in total. The van der Waals surface area contributed by atoms with Gasteiger partial charge < -0.3 is 15.2 Å².